The van der Waals surface area contributed by atoms with E-state index in [9.17, 15) is 13.2 Å². The van der Waals surface area contributed by atoms with E-state index in [0.29, 0.717) is 18.0 Å². The van der Waals surface area contributed by atoms with Crippen molar-refractivity contribution in [2.75, 3.05) is 28.7 Å². The maximum Gasteiger partial charge on any atom is 0.263 e. The first-order valence-corrected chi connectivity index (χ1v) is 13.2. The third-order valence-electron chi connectivity index (χ3n) is 4.67. The second kappa shape index (κ2) is 10.7. The molecule has 2 aromatic carbocycles. The summed E-state index contributed by atoms with van der Waals surface area (Å²) in [5.74, 6) is 2.88. The molecule has 1 aliphatic heterocycles. The van der Waals surface area contributed by atoms with Crippen LogP contribution in [0.2, 0.25) is 0 Å². The highest BCUT2D eigenvalue weighted by Gasteiger charge is 2.29. The number of benzene rings is 2. The molecule has 0 spiro atoms. The Kier molecular flexibility index (Phi) is 8.03. The van der Waals surface area contributed by atoms with Crippen LogP contribution in [0.4, 0.5) is 5.69 Å². The van der Waals surface area contributed by atoms with Crippen molar-refractivity contribution in [3.05, 3.63) is 54.1 Å². The highest BCUT2D eigenvalue weighted by molar-refractivity contribution is 8.00. The van der Waals surface area contributed by atoms with Crippen LogP contribution in [0.5, 0.6) is 11.5 Å². The van der Waals surface area contributed by atoms with Crippen LogP contribution < -0.4 is 19.2 Å². The van der Waals surface area contributed by atoms with Gasteiger partial charge in [0.15, 0.2) is 0 Å². The van der Waals surface area contributed by atoms with Gasteiger partial charge in [0.1, 0.15) is 23.6 Å². The number of hydrazone groups is 1. The molecule has 0 radical (unpaired) electrons. The number of rotatable bonds is 10. The zero-order valence-electron chi connectivity index (χ0n) is 18.2. The Labute approximate surface area is 193 Å². The van der Waals surface area contributed by atoms with Crippen molar-refractivity contribution >= 4 is 39.6 Å². The third kappa shape index (κ3) is 6.39. The van der Waals surface area contributed by atoms with Crippen molar-refractivity contribution in [3.8, 4) is 11.5 Å². The lowest BCUT2D eigenvalue weighted by Crippen LogP contribution is -2.46. The van der Waals surface area contributed by atoms with E-state index in [1.165, 1.54) is 13.1 Å². The number of nitrogens with one attached hydrogen (secondary N) is 1. The molecule has 172 valence electrons. The molecule has 1 aliphatic rings. The van der Waals surface area contributed by atoms with Crippen LogP contribution in [0.15, 0.2) is 53.6 Å². The highest BCUT2D eigenvalue weighted by atomic mass is 32.2. The third-order valence-corrected chi connectivity index (χ3v) is 7.13. The molecule has 32 heavy (non-hydrogen) atoms. The molecular formula is C22H27N3O5S2. The van der Waals surface area contributed by atoms with Crippen LogP contribution in [0.1, 0.15) is 19.4 Å². The van der Waals surface area contributed by atoms with Gasteiger partial charge in [0.25, 0.3) is 5.91 Å². The van der Waals surface area contributed by atoms with Crippen molar-refractivity contribution in [1.82, 2.24) is 5.43 Å². The Hall–Kier alpha value is -2.72. The van der Waals surface area contributed by atoms with Gasteiger partial charge in [-0.3, -0.25) is 9.10 Å². The lowest BCUT2D eigenvalue weighted by Gasteiger charge is -2.27. The van der Waals surface area contributed by atoms with Crippen molar-refractivity contribution in [2.45, 2.75) is 26.0 Å². The lowest BCUT2D eigenvalue weighted by molar-refractivity contribution is -0.121. The molecule has 0 aromatic heterocycles. The van der Waals surface area contributed by atoms with E-state index >= 15 is 0 Å². The highest BCUT2D eigenvalue weighted by Crippen LogP contribution is 2.25. The zero-order chi connectivity index (χ0) is 23.1. The molecule has 0 aliphatic carbocycles. The molecule has 1 saturated heterocycles. The molecular weight excluding hydrogens is 450 g/mol. The molecule has 1 heterocycles. The molecule has 0 bridgehead atoms. The lowest BCUT2D eigenvalue weighted by atomic mass is 10.2. The second-order valence-corrected chi connectivity index (χ2v) is 10.2. The van der Waals surface area contributed by atoms with Gasteiger partial charge in [0.2, 0.25) is 10.0 Å². The van der Waals surface area contributed by atoms with Crippen LogP contribution in [0, 0.1) is 0 Å². The SMILES string of the molecule is CCOc1ccc(N([C@H](C)C(=O)N/N=C\c2ccc(OC3CSC3)cc2)S(C)(=O)=O)cc1. The van der Waals surface area contributed by atoms with Crippen LogP contribution in [-0.2, 0) is 14.8 Å². The predicted molar refractivity (Wildman–Crippen MR) is 128 cm³/mol. The fraction of sp³-hybridized carbons (Fsp3) is 0.364. The number of carbonyl (C=O) groups excluding carboxylic acids is 1. The van der Waals surface area contributed by atoms with Gasteiger partial charge in [-0.2, -0.15) is 16.9 Å². The number of carbonyl (C=O) groups is 1. The molecule has 1 amide bonds. The molecule has 1 atom stereocenters. The number of sulfonamides is 1. The monoisotopic (exact) mass is 477 g/mol. The van der Waals surface area contributed by atoms with Gasteiger partial charge >= 0.3 is 0 Å². The molecule has 10 heteroatoms. The fourth-order valence-electron chi connectivity index (χ4n) is 3.04. The van der Waals surface area contributed by atoms with E-state index in [-0.39, 0.29) is 6.10 Å². The number of nitrogens with zero attached hydrogens (tertiary/aromatic N) is 2. The maximum absolute atomic E-state index is 12.6. The number of ether oxygens (including phenoxy) is 2. The summed E-state index contributed by atoms with van der Waals surface area (Å²) >= 11 is 1.85. The average molecular weight is 478 g/mol. The zero-order valence-corrected chi connectivity index (χ0v) is 19.9. The molecule has 2 aromatic rings. The number of hydrogen-bond acceptors (Lipinski definition) is 7. The number of anilines is 1. The van der Waals surface area contributed by atoms with E-state index in [1.54, 1.807) is 24.3 Å². The molecule has 8 nitrogen and oxygen atoms in total. The van der Waals surface area contributed by atoms with E-state index < -0.39 is 22.0 Å². The van der Waals surface area contributed by atoms with E-state index in [2.05, 4.69) is 10.5 Å². The van der Waals surface area contributed by atoms with Crippen LogP contribution in [-0.4, -0.2) is 57.1 Å². The minimum absolute atomic E-state index is 0.272. The van der Waals surface area contributed by atoms with Gasteiger partial charge in [0.05, 0.1) is 24.8 Å². The predicted octanol–water partition coefficient (Wildman–Crippen LogP) is 2.88. The molecule has 0 unspecified atom stereocenters. The van der Waals surface area contributed by atoms with Crippen molar-refractivity contribution in [1.29, 1.82) is 0 Å². The number of hydrogen-bond donors (Lipinski definition) is 1. The Morgan fingerprint density at radius 2 is 1.81 bits per heavy atom. The fourth-order valence-corrected chi connectivity index (χ4v) is 4.77. The number of thioether (sulfide) groups is 1. The van der Waals surface area contributed by atoms with Gasteiger partial charge in [-0.1, -0.05) is 0 Å². The molecule has 3 rings (SSSR count). The summed E-state index contributed by atoms with van der Waals surface area (Å²) < 4.78 is 37.0. The first-order valence-electron chi connectivity index (χ1n) is 10.2. The normalized spacial score (nSPS) is 15.1. The minimum Gasteiger partial charge on any atom is -0.494 e. The first kappa shape index (κ1) is 23.9. The standard InChI is InChI=1S/C22H27N3O5S2/c1-4-29-19-11-7-18(8-12-19)25(32(3,27)28)16(2)22(26)24-23-13-17-5-9-20(10-6-17)30-21-14-31-15-21/h5-13,16,21H,4,14-15H2,1-3H3,(H,24,26)/b23-13-/t16-/m1/s1. The first-order chi connectivity index (χ1) is 15.3. The van der Waals surface area contributed by atoms with Gasteiger partial charge in [-0.15, -0.1) is 0 Å². The topological polar surface area (TPSA) is 97.3 Å². The molecule has 1 N–H and O–H groups in total. The van der Waals surface area contributed by atoms with Gasteiger partial charge in [-0.25, -0.2) is 13.8 Å². The molecule has 1 fully saturated rings. The van der Waals surface area contributed by atoms with E-state index in [0.717, 1.165) is 33.4 Å². The Morgan fingerprint density at radius 3 is 2.34 bits per heavy atom. The number of amides is 1. The maximum atomic E-state index is 12.6. The Morgan fingerprint density at radius 1 is 1.19 bits per heavy atom. The summed E-state index contributed by atoms with van der Waals surface area (Å²) in [7, 11) is -3.71. The van der Waals surface area contributed by atoms with E-state index in [4.69, 9.17) is 9.47 Å². The summed E-state index contributed by atoms with van der Waals surface area (Å²) in [4.78, 5) is 12.6. The summed E-state index contributed by atoms with van der Waals surface area (Å²) in [6, 6.07) is 12.9. The van der Waals surface area contributed by atoms with Gasteiger partial charge in [0, 0.05) is 11.5 Å². The minimum atomic E-state index is -3.71. The quantitative estimate of drug-likeness (QED) is 0.418. The Bertz CT molecular complexity index is 1040. The van der Waals surface area contributed by atoms with E-state index in [1.807, 2.05) is 43.0 Å². The van der Waals surface area contributed by atoms with Crippen molar-refractivity contribution in [3.63, 3.8) is 0 Å². The van der Waals surface area contributed by atoms with Crippen LogP contribution >= 0.6 is 11.8 Å². The summed E-state index contributed by atoms with van der Waals surface area (Å²) in [5.41, 5.74) is 3.56. The van der Waals surface area contributed by atoms with Gasteiger partial charge in [-0.05, 0) is 67.9 Å². The Balaban J connectivity index is 1.62. The summed E-state index contributed by atoms with van der Waals surface area (Å²) in [6.07, 6.45) is 2.82. The molecule has 0 saturated carbocycles. The smallest absolute Gasteiger partial charge is 0.263 e. The van der Waals surface area contributed by atoms with Crippen LogP contribution in [0.3, 0.4) is 0 Å². The summed E-state index contributed by atoms with van der Waals surface area (Å²) in [6.45, 7) is 3.87. The summed E-state index contributed by atoms with van der Waals surface area (Å²) in [5, 5.41) is 3.97. The van der Waals surface area contributed by atoms with Crippen LogP contribution in [0.25, 0.3) is 0 Å². The van der Waals surface area contributed by atoms with Crippen molar-refractivity contribution in [2.24, 2.45) is 5.10 Å². The van der Waals surface area contributed by atoms with Gasteiger partial charge < -0.3 is 9.47 Å². The average Bonchev–Trinajstić information content (AvgIpc) is 2.72. The van der Waals surface area contributed by atoms with Crippen molar-refractivity contribution < 1.29 is 22.7 Å². The second-order valence-electron chi connectivity index (χ2n) is 7.24. The largest absolute Gasteiger partial charge is 0.494 e.